The van der Waals surface area contributed by atoms with Gasteiger partial charge in [0.2, 0.25) is 0 Å². The van der Waals surface area contributed by atoms with Crippen LogP contribution in [0.25, 0.3) is 11.1 Å². The molecule has 4 heteroatoms. The van der Waals surface area contributed by atoms with Crippen molar-refractivity contribution in [3.8, 4) is 22.9 Å². The number of hydrogen-bond donors (Lipinski definition) is 1. The highest BCUT2D eigenvalue weighted by Crippen LogP contribution is 2.47. The lowest BCUT2D eigenvalue weighted by atomic mass is 9.65. The Hall–Kier alpha value is -4.62. The second-order valence-corrected chi connectivity index (χ2v) is 8.12. The molecule has 4 aromatic rings. The van der Waals surface area contributed by atoms with Crippen molar-refractivity contribution >= 4 is 5.71 Å². The molecule has 0 aliphatic carbocycles. The number of ether oxygens (including phenoxy) is 1. The average molecular weight is 442 g/mol. The first-order valence-corrected chi connectivity index (χ1v) is 11.0. The molecule has 5 rings (SSSR count). The fourth-order valence-electron chi connectivity index (χ4n) is 4.70. The summed E-state index contributed by atoms with van der Waals surface area (Å²) in [7, 11) is 1.64. The second-order valence-electron chi connectivity index (χ2n) is 8.12. The minimum absolute atomic E-state index is 0.240. The van der Waals surface area contributed by atoms with Gasteiger partial charge in [-0.05, 0) is 52.1 Å². The number of nitriles is 1. The van der Waals surface area contributed by atoms with Crippen LogP contribution in [0.1, 0.15) is 16.7 Å². The van der Waals surface area contributed by atoms with Crippen LogP contribution >= 0.6 is 0 Å². The fraction of sp³-hybridized carbons (Fsp3) is 0.0667. The van der Waals surface area contributed by atoms with E-state index in [9.17, 15) is 5.26 Å². The summed E-state index contributed by atoms with van der Waals surface area (Å²) in [4.78, 5) is 4.76. The zero-order chi connectivity index (χ0) is 23.5. The van der Waals surface area contributed by atoms with Crippen molar-refractivity contribution in [1.29, 1.82) is 5.26 Å². The summed E-state index contributed by atoms with van der Waals surface area (Å²) in [6.45, 7) is 0. The van der Waals surface area contributed by atoms with Crippen LogP contribution in [0.15, 0.2) is 126 Å². The number of methoxy groups -OCH3 is 1. The first-order valence-electron chi connectivity index (χ1n) is 11.0. The van der Waals surface area contributed by atoms with Gasteiger partial charge in [0.25, 0.3) is 0 Å². The molecule has 0 saturated heterocycles. The van der Waals surface area contributed by atoms with Crippen LogP contribution in [0.2, 0.25) is 0 Å². The van der Waals surface area contributed by atoms with Gasteiger partial charge in [-0.15, -0.1) is 0 Å². The lowest BCUT2D eigenvalue weighted by Gasteiger charge is -2.33. The molecular weight excluding hydrogens is 418 g/mol. The highest BCUT2D eigenvalue weighted by Gasteiger charge is 2.49. The Morgan fingerprint density at radius 3 is 1.82 bits per heavy atom. The van der Waals surface area contributed by atoms with E-state index in [4.69, 9.17) is 15.5 Å². The molecule has 0 spiro atoms. The molecule has 0 radical (unpaired) electrons. The first-order chi connectivity index (χ1) is 16.7. The maximum Gasteiger partial charge on any atom is 0.139 e. The molecule has 4 nitrogen and oxygen atoms in total. The number of aliphatic imine (C=N–C) groups is 1. The monoisotopic (exact) mass is 441 g/mol. The average Bonchev–Trinajstić information content (AvgIpc) is 3.22. The maximum absolute atomic E-state index is 10.3. The van der Waals surface area contributed by atoms with Crippen molar-refractivity contribution in [3.63, 3.8) is 0 Å². The van der Waals surface area contributed by atoms with Crippen molar-refractivity contribution in [1.82, 2.24) is 0 Å². The Kier molecular flexibility index (Phi) is 5.45. The molecule has 1 aliphatic rings. The first kappa shape index (κ1) is 21.2. The standard InChI is InChI=1S/C30H23N3O/c1-34-26-18-14-23(15-19-26)28-30(24-10-6-3-7-11-24,27(20-31)29(32)33-28)25-16-12-22(13-17-25)21-8-4-2-5-9-21/h2-19H,32H2,1H3. The summed E-state index contributed by atoms with van der Waals surface area (Å²) in [5.41, 5.74) is 11.6. The van der Waals surface area contributed by atoms with E-state index in [1.165, 1.54) is 0 Å². The zero-order valence-corrected chi connectivity index (χ0v) is 18.8. The minimum Gasteiger partial charge on any atom is -0.497 e. The highest BCUT2D eigenvalue weighted by molar-refractivity contribution is 6.15. The summed E-state index contributed by atoms with van der Waals surface area (Å²) < 4.78 is 5.34. The lowest BCUT2D eigenvalue weighted by molar-refractivity contribution is 0.415. The smallest absolute Gasteiger partial charge is 0.139 e. The normalized spacial score (nSPS) is 17.2. The largest absolute Gasteiger partial charge is 0.497 e. The third-order valence-electron chi connectivity index (χ3n) is 6.33. The molecule has 164 valence electrons. The number of hydrogen-bond acceptors (Lipinski definition) is 4. The molecule has 4 aromatic carbocycles. The summed E-state index contributed by atoms with van der Waals surface area (Å²) >= 11 is 0. The Balaban J connectivity index is 1.75. The Bertz CT molecular complexity index is 1410. The molecule has 0 bridgehead atoms. The van der Waals surface area contributed by atoms with Crippen LogP contribution in [0.3, 0.4) is 0 Å². The second kappa shape index (κ2) is 8.73. The summed E-state index contributed by atoms with van der Waals surface area (Å²) in [5.74, 6) is 0.991. The van der Waals surface area contributed by atoms with Crippen LogP contribution in [0.4, 0.5) is 0 Å². The van der Waals surface area contributed by atoms with E-state index >= 15 is 0 Å². The molecule has 0 aromatic heterocycles. The summed E-state index contributed by atoms with van der Waals surface area (Å²) in [6.07, 6.45) is 0. The molecule has 0 amide bonds. The van der Waals surface area contributed by atoms with Gasteiger partial charge in [-0.1, -0.05) is 84.9 Å². The Morgan fingerprint density at radius 2 is 1.24 bits per heavy atom. The topological polar surface area (TPSA) is 71.4 Å². The molecular formula is C30H23N3O. The van der Waals surface area contributed by atoms with Crippen molar-refractivity contribution in [2.45, 2.75) is 5.41 Å². The van der Waals surface area contributed by atoms with Crippen molar-refractivity contribution < 1.29 is 4.74 Å². The van der Waals surface area contributed by atoms with Crippen LogP contribution in [0.5, 0.6) is 5.75 Å². The summed E-state index contributed by atoms with van der Waals surface area (Å²) in [5, 5.41) is 10.3. The molecule has 34 heavy (non-hydrogen) atoms. The minimum atomic E-state index is -0.927. The van der Waals surface area contributed by atoms with Crippen molar-refractivity contribution in [2.75, 3.05) is 7.11 Å². The van der Waals surface area contributed by atoms with Gasteiger partial charge in [-0.25, -0.2) is 4.99 Å². The maximum atomic E-state index is 10.3. The van der Waals surface area contributed by atoms with E-state index in [1.54, 1.807) is 7.11 Å². The van der Waals surface area contributed by atoms with E-state index in [1.807, 2.05) is 72.8 Å². The van der Waals surface area contributed by atoms with Crippen LogP contribution < -0.4 is 10.5 Å². The molecule has 1 unspecified atom stereocenters. The van der Waals surface area contributed by atoms with Crippen LogP contribution in [0, 0.1) is 11.3 Å². The van der Waals surface area contributed by atoms with Crippen LogP contribution in [-0.4, -0.2) is 12.8 Å². The molecule has 0 fully saturated rings. The van der Waals surface area contributed by atoms with Gasteiger partial charge >= 0.3 is 0 Å². The predicted octanol–water partition coefficient (Wildman–Crippen LogP) is 5.85. The predicted molar refractivity (Wildman–Crippen MR) is 135 cm³/mol. The quantitative estimate of drug-likeness (QED) is 0.423. The number of nitrogens with two attached hydrogens (primary N) is 1. The number of nitrogens with zero attached hydrogens (tertiary/aromatic N) is 2. The number of rotatable bonds is 5. The van der Waals surface area contributed by atoms with Gasteiger partial charge in [0, 0.05) is 0 Å². The van der Waals surface area contributed by atoms with E-state index in [2.05, 4.69) is 42.5 Å². The zero-order valence-electron chi connectivity index (χ0n) is 18.8. The van der Waals surface area contributed by atoms with E-state index in [0.717, 1.165) is 39.3 Å². The van der Waals surface area contributed by atoms with E-state index < -0.39 is 5.41 Å². The molecule has 0 saturated carbocycles. The van der Waals surface area contributed by atoms with Gasteiger partial charge in [0.05, 0.1) is 18.4 Å². The number of benzene rings is 4. The van der Waals surface area contributed by atoms with Gasteiger partial charge in [0.1, 0.15) is 23.1 Å². The molecule has 2 N–H and O–H groups in total. The van der Waals surface area contributed by atoms with Crippen LogP contribution in [-0.2, 0) is 5.41 Å². The third-order valence-corrected chi connectivity index (χ3v) is 6.33. The van der Waals surface area contributed by atoms with Crippen molar-refractivity contribution in [2.24, 2.45) is 10.7 Å². The lowest BCUT2D eigenvalue weighted by Crippen LogP contribution is -2.37. The highest BCUT2D eigenvalue weighted by atomic mass is 16.5. The number of allylic oxidation sites excluding steroid dienone is 1. The SMILES string of the molecule is COc1ccc(C2=NC(N)=C(C#N)C2(c2ccccc2)c2ccc(-c3ccccc3)cc2)cc1. The van der Waals surface area contributed by atoms with Gasteiger partial charge in [0.15, 0.2) is 0 Å². The van der Waals surface area contributed by atoms with Gasteiger partial charge in [-0.3, -0.25) is 0 Å². The van der Waals surface area contributed by atoms with E-state index in [-0.39, 0.29) is 5.82 Å². The van der Waals surface area contributed by atoms with Crippen molar-refractivity contribution in [3.05, 3.63) is 137 Å². The van der Waals surface area contributed by atoms with E-state index in [0.29, 0.717) is 5.57 Å². The summed E-state index contributed by atoms with van der Waals surface area (Å²) in [6, 6.07) is 38.6. The Morgan fingerprint density at radius 1 is 0.706 bits per heavy atom. The molecule has 1 atom stereocenters. The molecule has 1 heterocycles. The van der Waals surface area contributed by atoms with Gasteiger partial charge < -0.3 is 10.5 Å². The van der Waals surface area contributed by atoms with Gasteiger partial charge in [-0.2, -0.15) is 5.26 Å². The Labute approximate surface area is 199 Å². The molecule has 1 aliphatic heterocycles. The fourth-order valence-corrected chi connectivity index (χ4v) is 4.70. The third kappa shape index (κ3) is 3.35.